The van der Waals surface area contributed by atoms with Gasteiger partial charge in [-0.15, -0.1) is 0 Å². The highest BCUT2D eigenvalue weighted by atomic mass is 16.8. The van der Waals surface area contributed by atoms with Crippen molar-refractivity contribution in [1.29, 1.82) is 0 Å². The highest BCUT2D eigenvalue weighted by Crippen LogP contribution is 2.39. The van der Waals surface area contributed by atoms with Crippen LogP contribution in [0.15, 0.2) is 121 Å². The summed E-state index contributed by atoms with van der Waals surface area (Å²) < 4.78 is 29.1. The van der Waals surface area contributed by atoms with Crippen molar-refractivity contribution in [2.75, 3.05) is 6.61 Å². The molecule has 5 rings (SSSR count). The van der Waals surface area contributed by atoms with E-state index in [1.54, 1.807) is 121 Å². The zero-order chi connectivity index (χ0) is 30.2. The van der Waals surface area contributed by atoms with Crippen LogP contribution in [0.3, 0.4) is 0 Å². The van der Waals surface area contributed by atoms with E-state index in [1.165, 1.54) is 6.92 Å². The molecule has 0 bridgehead atoms. The van der Waals surface area contributed by atoms with Gasteiger partial charge in [0.25, 0.3) is 0 Å². The molecule has 43 heavy (non-hydrogen) atoms. The minimum Gasteiger partial charge on any atom is -0.459 e. The zero-order valence-electron chi connectivity index (χ0n) is 23.2. The largest absolute Gasteiger partial charge is 0.459 e. The Kier molecular flexibility index (Phi) is 8.93. The van der Waals surface area contributed by atoms with Crippen LogP contribution in [0.4, 0.5) is 0 Å². The van der Waals surface area contributed by atoms with Crippen LogP contribution in [0.25, 0.3) is 0 Å². The van der Waals surface area contributed by atoms with E-state index < -0.39 is 54.6 Å². The molecule has 0 aromatic heterocycles. The lowest BCUT2D eigenvalue weighted by Gasteiger charge is -2.33. The van der Waals surface area contributed by atoms with Gasteiger partial charge in [-0.05, 0) is 55.5 Å². The molecule has 0 amide bonds. The molecule has 0 saturated carbocycles. The predicted octanol–water partition coefficient (Wildman–Crippen LogP) is 5.27. The lowest BCUT2D eigenvalue weighted by Crippen LogP contribution is -2.53. The second kappa shape index (κ2) is 13.1. The van der Waals surface area contributed by atoms with Crippen LogP contribution < -0.4 is 0 Å². The van der Waals surface area contributed by atoms with Crippen molar-refractivity contribution < 1.29 is 42.9 Å². The first-order chi connectivity index (χ1) is 20.8. The van der Waals surface area contributed by atoms with Gasteiger partial charge in [-0.25, -0.2) is 19.2 Å². The van der Waals surface area contributed by atoms with Crippen molar-refractivity contribution >= 4 is 23.9 Å². The maximum absolute atomic E-state index is 13.3. The third kappa shape index (κ3) is 6.79. The minimum atomic E-state index is -1.86. The molecule has 4 aromatic carbocycles. The van der Waals surface area contributed by atoms with Gasteiger partial charge in [0.1, 0.15) is 12.7 Å². The predicted molar refractivity (Wildman–Crippen MR) is 153 cm³/mol. The Hall–Kier alpha value is -5.28. The number of carbonyl (C=O) groups is 4. The van der Waals surface area contributed by atoms with Crippen molar-refractivity contribution in [3.63, 3.8) is 0 Å². The van der Waals surface area contributed by atoms with E-state index in [-0.39, 0.29) is 16.7 Å². The Morgan fingerprint density at radius 3 is 1.44 bits per heavy atom. The Morgan fingerprint density at radius 1 is 0.581 bits per heavy atom. The smallest absolute Gasteiger partial charge is 0.340 e. The molecule has 4 aromatic rings. The summed E-state index contributed by atoms with van der Waals surface area (Å²) in [5.74, 6) is -2.92. The van der Waals surface area contributed by atoms with Gasteiger partial charge in [0, 0.05) is 0 Å². The van der Waals surface area contributed by atoms with E-state index in [9.17, 15) is 19.2 Å². The molecule has 0 spiro atoms. The number of hydrogen-bond acceptors (Lipinski definition) is 9. The third-order valence-corrected chi connectivity index (χ3v) is 6.85. The van der Waals surface area contributed by atoms with Crippen molar-refractivity contribution in [2.24, 2.45) is 0 Å². The number of rotatable bonds is 9. The van der Waals surface area contributed by atoms with Gasteiger partial charge in [-0.2, -0.15) is 0 Å². The van der Waals surface area contributed by atoms with Gasteiger partial charge in [0.15, 0.2) is 6.10 Å². The van der Waals surface area contributed by atoms with Crippen LogP contribution in [0.5, 0.6) is 0 Å². The van der Waals surface area contributed by atoms with E-state index in [0.29, 0.717) is 5.56 Å². The average Bonchev–Trinajstić information content (AvgIpc) is 3.30. The fraction of sp³-hybridized carbons (Fsp3) is 0.176. The Bertz CT molecular complexity index is 1560. The summed E-state index contributed by atoms with van der Waals surface area (Å²) in [5.41, 5.74) is -0.901. The van der Waals surface area contributed by atoms with E-state index >= 15 is 0 Å². The molecule has 9 heteroatoms. The Balaban J connectivity index is 1.48. The summed E-state index contributed by atoms with van der Waals surface area (Å²) in [6, 6.07) is 32.8. The summed E-state index contributed by atoms with van der Waals surface area (Å²) in [6.45, 7) is 1.04. The standard InChI is InChI=1S/C34H28O9/c1-34(43-32(38)26-20-12-5-13-21-26)28(41-30(36)24-16-8-3-9-17-24)27(22-39-29(35)23-14-6-2-7-15-23)40-33(34)42-31(37)25-18-10-4-11-19-25/h2-21,27-28,33H,22H2,1H3/t27-,28-,33+,34?/m1/s1. The normalized spacial score (nSPS) is 20.9. The molecular formula is C34H28O9. The lowest BCUT2D eigenvalue weighted by molar-refractivity contribution is -0.175. The number of benzene rings is 4. The SMILES string of the molecule is CC1(OC(=O)c2ccccc2)[C@H](OC(=O)c2ccccc2)O[C@H](COC(=O)c2ccccc2)[C@H]1OC(=O)c1ccccc1. The molecule has 1 aliphatic rings. The van der Waals surface area contributed by atoms with Crippen molar-refractivity contribution in [3.05, 3.63) is 144 Å². The lowest BCUT2D eigenvalue weighted by atomic mass is 9.96. The van der Waals surface area contributed by atoms with E-state index in [1.807, 2.05) is 0 Å². The summed E-state index contributed by atoms with van der Waals surface area (Å²) in [5, 5.41) is 0. The van der Waals surface area contributed by atoms with E-state index in [4.69, 9.17) is 23.7 Å². The van der Waals surface area contributed by atoms with Crippen LogP contribution in [-0.2, 0) is 23.7 Å². The van der Waals surface area contributed by atoms with Crippen LogP contribution >= 0.6 is 0 Å². The monoisotopic (exact) mass is 580 g/mol. The molecule has 4 atom stereocenters. The molecule has 1 fully saturated rings. The van der Waals surface area contributed by atoms with Crippen LogP contribution in [0.2, 0.25) is 0 Å². The van der Waals surface area contributed by atoms with Crippen molar-refractivity contribution in [1.82, 2.24) is 0 Å². The first-order valence-corrected chi connectivity index (χ1v) is 13.5. The molecule has 1 saturated heterocycles. The summed E-state index contributed by atoms with van der Waals surface area (Å²) >= 11 is 0. The fourth-order valence-electron chi connectivity index (χ4n) is 4.58. The van der Waals surface area contributed by atoms with E-state index in [0.717, 1.165) is 0 Å². The van der Waals surface area contributed by atoms with Crippen molar-refractivity contribution in [3.8, 4) is 0 Å². The second-order valence-electron chi connectivity index (χ2n) is 9.87. The molecule has 1 unspecified atom stereocenters. The van der Waals surface area contributed by atoms with Gasteiger partial charge >= 0.3 is 23.9 Å². The molecule has 218 valence electrons. The quantitative estimate of drug-likeness (QED) is 0.193. The first kappa shape index (κ1) is 29.2. The molecule has 9 nitrogen and oxygen atoms in total. The van der Waals surface area contributed by atoms with Crippen LogP contribution in [0.1, 0.15) is 48.4 Å². The number of ether oxygens (including phenoxy) is 5. The molecule has 0 N–H and O–H groups in total. The first-order valence-electron chi connectivity index (χ1n) is 13.5. The van der Waals surface area contributed by atoms with Gasteiger partial charge in [0.2, 0.25) is 11.9 Å². The molecule has 1 heterocycles. The number of hydrogen-bond donors (Lipinski definition) is 0. The number of carbonyl (C=O) groups excluding carboxylic acids is 4. The van der Waals surface area contributed by atoms with Gasteiger partial charge in [-0.3, -0.25) is 0 Å². The van der Waals surface area contributed by atoms with Gasteiger partial charge < -0.3 is 23.7 Å². The zero-order valence-corrected chi connectivity index (χ0v) is 23.2. The maximum Gasteiger partial charge on any atom is 0.340 e. The molecule has 1 aliphatic heterocycles. The van der Waals surface area contributed by atoms with Crippen LogP contribution in [-0.4, -0.2) is 54.6 Å². The third-order valence-electron chi connectivity index (χ3n) is 6.85. The molecule has 0 aliphatic carbocycles. The number of esters is 4. The topological polar surface area (TPSA) is 114 Å². The second-order valence-corrected chi connectivity index (χ2v) is 9.87. The van der Waals surface area contributed by atoms with Gasteiger partial charge in [0.05, 0.1) is 22.3 Å². The average molecular weight is 581 g/mol. The highest BCUT2D eigenvalue weighted by Gasteiger charge is 2.61. The van der Waals surface area contributed by atoms with Crippen LogP contribution in [0, 0.1) is 0 Å². The summed E-state index contributed by atoms with van der Waals surface area (Å²) in [6.07, 6.45) is -4.07. The van der Waals surface area contributed by atoms with Crippen molar-refractivity contribution in [2.45, 2.75) is 31.0 Å². The summed E-state index contributed by atoms with van der Waals surface area (Å²) in [4.78, 5) is 52.5. The Labute approximate surface area is 247 Å². The fourth-order valence-corrected chi connectivity index (χ4v) is 4.58. The van der Waals surface area contributed by atoms with Gasteiger partial charge in [-0.1, -0.05) is 72.8 Å². The molecular weight excluding hydrogens is 552 g/mol. The summed E-state index contributed by atoms with van der Waals surface area (Å²) in [7, 11) is 0. The maximum atomic E-state index is 13.3. The molecule has 0 radical (unpaired) electrons. The van der Waals surface area contributed by atoms with E-state index in [2.05, 4.69) is 0 Å². The highest BCUT2D eigenvalue weighted by molar-refractivity contribution is 5.91. The minimum absolute atomic E-state index is 0.212. The Morgan fingerprint density at radius 2 is 0.977 bits per heavy atom.